The number of aliphatic hydroxyl groups is 1. The average molecular weight is 261 g/mol. The van der Waals surface area contributed by atoms with Gasteiger partial charge in [0.1, 0.15) is 0 Å². The largest absolute Gasteiger partial charge is 0.388 e. The summed E-state index contributed by atoms with van der Waals surface area (Å²) in [5.74, 6) is -0.116. The molecule has 0 saturated carbocycles. The van der Waals surface area contributed by atoms with Gasteiger partial charge >= 0.3 is 0 Å². The number of hydrogen-bond donors (Lipinski definition) is 2. The van der Waals surface area contributed by atoms with Gasteiger partial charge in [-0.2, -0.15) is 0 Å². The highest BCUT2D eigenvalue weighted by atomic mass is 16.3. The molecule has 0 bridgehead atoms. The summed E-state index contributed by atoms with van der Waals surface area (Å²) in [6.45, 7) is 5.79. The van der Waals surface area contributed by atoms with Crippen molar-refractivity contribution in [2.75, 3.05) is 6.54 Å². The second-order valence-corrected chi connectivity index (χ2v) is 5.34. The van der Waals surface area contributed by atoms with Gasteiger partial charge in [0.15, 0.2) is 0 Å². The van der Waals surface area contributed by atoms with Crippen LogP contribution < -0.4 is 5.32 Å². The number of imidazole rings is 1. The van der Waals surface area contributed by atoms with Crippen LogP contribution >= 0.6 is 0 Å². The zero-order valence-corrected chi connectivity index (χ0v) is 11.4. The van der Waals surface area contributed by atoms with Gasteiger partial charge in [0, 0.05) is 18.3 Å². The highest BCUT2D eigenvalue weighted by Gasteiger charge is 2.25. The molecule has 0 saturated heterocycles. The highest BCUT2D eigenvalue weighted by Crippen LogP contribution is 2.15. The van der Waals surface area contributed by atoms with Crippen LogP contribution in [0.5, 0.6) is 0 Å². The molecule has 5 nitrogen and oxygen atoms in total. The number of pyridine rings is 1. The Balaban J connectivity index is 2.07. The maximum Gasteiger partial charge on any atom is 0.251 e. The van der Waals surface area contributed by atoms with Crippen LogP contribution in [0.4, 0.5) is 0 Å². The number of rotatable bonds is 4. The van der Waals surface area contributed by atoms with Crippen molar-refractivity contribution in [2.24, 2.45) is 5.92 Å². The Morgan fingerprint density at radius 3 is 3.00 bits per heavy atom. The van der Waals surface area contributed by atoms with Crippen LogP contribution in [0.2, 0.25) is 0 Å². The number of fused-ring (bicyclic) bond motifs is 1. The first-order valence-electron chi connectivity index (χ1n) is 6.32. The fourth-order valence-electron chi connectivity index (χ4n) is 1.63. The number of amides is 1. The Kier molecular flexibility index (Phi) is 3.57. The average Bonchev–Trinajstić information content (AvgIpc) is 2.82. The summed E-state index contributed by atoms with van der Waals surface area (Å²) in [5.41, 5.74) is 0.520. The first-order valence-corrected chi connectivity index (χ1v) is 6.32. The van der Waals surface area contributed by atoms with Gasteiger partial charge in [0.25, 0.3) is 5.91 Å². The molecule has 1 atom stereocenters. The number of hydrogen-bond acceptors (Lipinski definition) is 3. The van der Waals surface area contributed by atoms with E-state index in [9.17, 15) is 9.90 Å². The Labute approximate surface area is 112 Å². The lowest BCUT2D eigenvalue weighted by atomic mass is 9.92. The standard InChI is InChI=1S/C14H19N3O2/c1-10(2)14(3,19)8-16-13(18)11-4-5-17-9-15-7-12(17)6-11/h4-7,9-10,19H,8H2,1-3H3,(H,16,18). The fraction of sp³-hybridized carbons (Fsp3) is 0.429. The van der Waals surface area contributed by atoms with Crippen LogP contribution in [0.3, 0.4) is 0 Å². The number of nitrogens with one attached hydrogen (secondary N) is 1. The lowest BCUT2D eigenvalue weighted by Gasteiger charge is -2.27. The molecule has 0 spiro atoms. The third-order valence-corrected chi connectivity index (χ3v) is 3.53. The topological polar surface area (TPSA) is 66.6 Å². The lowest BCUT2D eigenvalue weighted by molar-refractivity contribution is 0.0142. The van der Waals surface area contributed by atoms with Crippen molar-refractivity contribution < 1.29 is 9.90 Å². The molecule has 2 N–H and O–H groups in total. The van der Waals surface area contributed by atoms with E-state index in [4.69, 9.17) is 0 Å². The van der Waals surface area contributed by atoms with Crippen molar-refractivity contribution in [1.29, 1.82) is 0 Å². The van der Waals surface area contributed by atoms with Crippen molar-refractivity contribution in [3.8, 4) is 0 Å². The van der Waals surface area contributed by atoms with Crippen LogP contribution in [-0.4, -0.2) is 32.5 Å². The van der Waals surface area contributed by atoms with Gasteiger partial charge in [0.2, 0.25) is 0 Å². The van der Waals surface area contributed by atoms with E-state index in [2.05, 4.69) is 10.3 Å². The number of carbonyl (C=O) groups excluding carboxylic acids is 1. The first kappa shape index (κ1) is 13.5. The monoisotopic (exact) mass is 261 g/mol. The quantitative estimate of drug-likeness (QED) is 0.876. The molecule has 2 aromatic rings. The molecule has 0 radical (unpaired) electrons. The van der Waals surface area contributed by atoms with Crippen LogP contribution in [0.15, 0.2) is 30.9 Å². The zero-order valence-electron chi connectivity index (χ0n) is 11.4. The van der Waals surface area contributed by atoms with Crippen LogP contribution in [-0.2, 0) is 0 Å². The predicted octanol–water partition coefficient (Wildman–Crippen LogP) is 1.47. The van der Waals surface area contributed by atoms with Gasteiger partial charge in [-0.3, -0.25) is 4.79 Å². The molecule has 1 unspecified atom stereocenters. The maximum absolute atomic E-state index is 12.0. The zero-order chi connectivity index (χ0) is 14.0. The molecule has 2 aromatic heterocycles. The summed E-state index contributed by atoms with van der Waals surface area (Å²) in [7, 11) is 0. The molecule has 0 aliphatic heterocycles. The first-order chi connectivity index (χ1) is 8.90. The van der Waals surface area contributed by atoms with Crippen molar-refractivity contribution in [3.05, 3.63) is 36.4 Å². The van der Waals surface area contributed by atoms with Gasteiger partial charge in [-0.15, -0.1) is 0 Å². The summed E-state index contributed by atoms with van der Waals surface area (Å²) in [4.78, 5) is 16.0. The van der Waals surface area contributed by atoms with Gasteiger partial charge in [-0.25, -0.2) is 4.98 Å². The molecule has 19 heavy (non-hydrogen) atoms. The molecular formula is C14H19N3O2. The third kappa shape index (κ3) is 2.93. The van der Waals surface area contributed by atoms with Gasteiger partial charge < -0.3 is 14.8 Å². The molecule has 102 valence electrons. The van der Waals surface area contributed by atoms with E-state index in [1.807, 2.05) is 18.2 Å². The van der Waals surface area contributed by atoms with Crippen molar-refractivity contribution in [3.63, 3.8) is 0 Å². The van der Waals surface area contributed by atoms with Crippen LogP contribution in [0.1, 0.15) is 31.1 Å². The lowest BCUT2D eigenvalue weighted by Crippen LogP contribution is -2.44. The minimum Gasteiger partial charge on any atom is -0.388 e. The Morgan fingerprint density at radius 2 is 2.32 bits per heavy atom. The summed E-state index contributed by atoms with van der Waals surface area (Å²) in [6, 6.07) is 3.50. The van der Waals surface area contributed by atoms with E-state index >= 15 is 0 Å². The minimum absolute atomic E-state index is 0.0742. The molecular weight excluding hydrogens is 242 g/mol. The Bertz CT molecular complexity index is 587. The van der Waals surface area contributed by atoms with Gasteiger partial charge in [-0.1, -0.05) is 13.8 Å². The van der Waals surface area contributed by atoms with E-state index in [1.54, 1.807) is 37.8 Å². The SMILES string of the molecule is CC(C)C(C)(O)CNC(=O)c1ccn2cncc2c1. The summed E-state index contributed by atoms with van der Waals surface area (Å²) < 4.78 is 1.83. The fourth-order valence-corrected chi connectivity index (χ4v) is 1.63. The van der Waals surface area contributed by atoms with E-state index < -0.39 is 5.60 Å². The van der Waals surface area contributed by atoms with Gasteiger partial charge in [0.05, 0.1) is 23.6 Å². The van der Waals surface area contributed by atoms with E-state index in [-0.39, 0.29) is 18.4 Å². The molecule has 0 aromatic carbocycles. The van der Waals surface area contributed by atoms with E-state index in [1.165, 1.54) is 0 Å². The summed E-state index contributed by atoms with van der Waals surface area (Å²) in [5, 5.41) is 12.9. The van der Waals surface area contributed by atoms with Crippen molar-refractivity contribution in [2.45, 2.75) is 26.4 Å². The molecule has 0 aliphatic rings. The molecule has 2 heterocycles. The normalized spacial score (nSPS) is 14.6. The second-order valence-electron chi connectivity index (χ2n) is 5.34. The smallest absolute Gasteiger partial charge is 0.251 e. The number of carbonyl (C=O) groups is 1. The number of aromatic nitrogens is 2. The molecule has 2 rings (SSSR count). The minimum atomic E-state index is -0.906. The predicted molar refractivity (Wildman–Crippen MR) is 73.0 cm³/mol. The second kappa shape index (κ2) is 5.01. The molecule has 5 heteroatoms. The number of nitrogens with zero attached hydrogens (tertiary/aromatic N) is 2. The highest BCUT2D eigenvalue weighted by molar-refractivity contribution is 5.95. The van der Waals surface area contributed by atoms with Crippen molar-refractivity contribution in [1.82, 2.24) is 14.7 Å². The third-order valence-electron chi connectivity index (χ3n) is 3.53. The summed E-state index contributed by atoms with van der Waals surface area (Å²) >= 11 is 0. The van der Waals surface area contributed by atoms with Crippen molar-refractivity contribution >= 4 is 11.4 Å². The van der Waals surface area contributed by atoms with E-state index in [0.29, 0.717) is 5.56 Å². The van der Waals surface area contributed by atoms with Crippen LogP contribution in [0.25, 0.3) is 5.52 Å². The Hall–Kier alpha value is -1.88. The molecule has 1 amide bonds. The maximum atomic E-state index is 12.0. The Morgan fingerprint density at radius 1 is 1.58 bits per heavy atom. The molecule has 0 aliphatic carbocycles. The molecule has 0 fully saturated rings. The van der Waals surface area contributed by atoms with Gasteiger partial charge in [-0.05, 0) is 25.0 Å². The van der Waals surface area contributed by atoms with Crippen LogP contribution in [0, 0.1) is 5.92 Å². The summed E-state index contributed by atoms with van der Waals surface area (Å²) in [6.07, 6.45) is 5.17. The van der Waals surface area contributed by atoms with E-state index in [0.717, 1.165) is 5.52 Å².